The second-order valence-electron chi connectivity index (χ2n) is 7.22. The number of benzene rings is 1. The molecule has 1 atom stereocenters. The highest BCUT2D eigenvalue weighted by atomic mass is 127. The minimum Gasteiger partial charge on any atom is -0.497 e. The van der Waals surface area contributed by atoms with E-state index >= 15 is 0 Å². The van der Waals surface area contributed by atoms with Crippen LogP contribution in [0.1, 0.15) is 38.1 Å². The molecule has 0 spiro atoms. The zero-order valence-electron chi connectivity index (χ0n) is 17.8. The number of hydrogen-bond donors (Lipinski definition) is 3. The van der Waals surface area contributed by atoms with Crippen molar-refractivity contribution in [1.82, 2.24) is 16.0 Å². The van der Waals surface area contributed by atoms with Gasteiger partial charge in [-0.25, -0.2) is 0 Å². The summed E-state index contributed by atoms with van der Waals surface area (Å²) < 4.78 is 10.6. The molecule has 0 heterocycles. The molecule has 1 unspecified atom stereocenters. The molecule has 1 amide bonds. The van der Waals surface area contributed by atoms with Gasteiger partial charge in [-0.05, 0) is 36.6 Å². The molecule has 28 heavy (non-hydrogen) atoms. The maximum Gasteiger partial charge on any atom is 0.251 e. The van der Waals surface area contributed by atoms with Gasteiger partial charge in [0.05, 0.1) is 19.8 Å². The van der Waals surface area contributed by atoms with Gasteiger partial charge in [-0.3, -0.25) is 9.79 Å². The lowest BCUT2D eigenvalue weighted by molar-refractivity contribution is 0.0241. The van der Waals surface area contributed by atoms with Crippen LogP contribution in [0, 0.1) is 5.41 Å². The Morgan fingerprint density at radius 3 is 2.18 bits per heavy atom. The average Bonchev–Trinajstić information content (AvgIpc) is 2.64. The van der Waals surface area contributed by atoms with E-state index < -0.39 is 0 Å². The van der Waals surface area contributed by atoms with Gasteiger partial charge in [0.2, 0.25) is 0 Å². The third-order valence-electron chi connectivity index (χ3n) is 4.07. The molecule has 1 aromatic rings. The Labute approximate surface area is 186 Å². The van der Waals surface area contributed by atoms with Gasteiger partial charge < -0.3 is 25.4 Å². The van der Waals surface area contributed by atoms with Gasteiger partial charge in [-0.15, -0.1) is 24.0 Å². The van der Waals surface area contributed by atoms with Crippen molar-refractivity contribution < 1.29 is 14.3 Å². The predicted octanol–water partition coefficient (Wildman–Crippen LogP) is 2.66. The van der Waals surface area contributed by atoms with E-state index in [9.17, 15) is 4.79 Å². The van der Waals surface area contributed by atoms with Crippen LogP contribution in [-0.2, 0) is 4.74 Å². The molecule has 0 fully saturated rings. The molecule has 7 nitrogen and oxygen atoms in total. The molecule has 3 N–H and O–H groups in total. The van der Waals surface area contributed by atoms with Crippen molar-refractivity contribution in [2.24, 2.45) is 10.4 Å². The molecular weight excluding hydrogens is 471 g/mol. The second kappa shape index (κ2) is 13.6. The number of guanidine groups is 1. The van der Waals surface area contributed by atoms with Gasteiger partial charge in [0.25, 0.3) is 5.91 Å². The van der Waals surface area contributed by atoms with Gasteiger partial charge >= 0.3 is 0 Å². The predicted molar refractivity (Wildman–Crippen MR) is 125 cm³/mol. The van der Waals surface area contributed by atoms with E-state index in [-0.39, 0.29) is 41.4 Å². The number of ether oxygens (including phenoxy) is 2. The third kappa shape index (κ3) is 9.59. The van der Waals surface area contributed by atoms with Crippen molar-refractivity contribution in [3.05, 3.63) is 29.8 Å². The smallest absolute Gasteiger partial charge is 0.251 e. The molecule has 0 radical (unpaired) electrons. The number of aliphatic imine (C=N–C) groups is 1. The average molecular weight is 506 g/mol. The Bertz CT molecular complexity index is 600. The summed E-state index contributed by atoms with van der Waals surface area (Å²) in [4.78, 5) is 16.7. The molecule has 160 valence electrons. The topological polar surface area (TPSA) is 84.0 Å². The number of carbonyl (C=O) groups is 1. The Morgan fingerprint density at radius 1 is 1.07 bits per heavy atom. The largest absolute Gasteiger partial charge is 0.497 e. The van der Waals surface area contributed by atoms with Gasteiger partial charge in [0.1, 0.15) is 5.75 Å². The van der Waals surface area contributed by atoms with Gasteiger partial charge in [-0.2, -0.15) is 0 Å². The number of nitrogens with zero attached hydrogens (tertiary/aromatic N) is 1. The van der Waals surface area contributed by atoms with Crippen LogP contribution in [0.4, 0.5) is 0 Å². The minimum atomic E-state index is -0.117. The molecule has 0 saturated carbocycles. The summed E-state index contributed by atoms with van der Waals surface area (Å²) in [5.74, 6) is 1.32. The first-order valence-electron chi connectivity index (χ1n) is 9.29. The maximum absolute atomic E-state index is 12.1. The fourth-order valence-corrected chi connectivity index (χ4v) is 2.42. The number of hydrogen-bond acceptors (Lipinski definition) is 4. The second-order valence-corrected chi connectivity index (χ2v) is 7.22. The van der Waals surface area contributed by atoms with Crippen molar-refractivity contribution in [2.45, 2.75) is 33.8 Å². The molecule has 0 aliphatic carbocycles. The first-order chi connectivity index (χ1) is 12.8. The van der Waals surface area contributed by atoms with E-state index in [0.29, 0.717) is 31.2 Å². The number of carbonyl (C=O) groups excluding carboxylic acids is 1. The van der Waals surface area contributed by atoms with E-state index in [1.54, 1.807) is 38.5 Å². The lowest BCUT2D eigenvalue weighted by Gasteiger charge is -2.28. The van der Waals surface area contributed by atoms with Gasteiger partial charge in [0.15, 0.2) is 5.96 Å². The zero-order chi connectivity index (χ0) is 20.3. The van der Waals surface area contributed by atoms with Crippen molar-refractivity contribution in [2.75, 3.05) is 40.4 Å². The van der Waals surface area contributed by atoms with Crippen LogP contribution in [0.2, 0.25) is 0 Å². The van der Waals surface area contributed by atoms with Crippen molar-refractivity contribution in [3.63, 3.8) is 0 Å². The number of nitrogens with one attached hydrogen (secondary N) is 3. The molecule has 8 heteroatoms. The normalized spacial score (nSPS) is 12.6. The first kappa shape index (κ1) is 26.4. The van der Waals surface area contributed by atoms with Crippen LogP contribution in [0.5, 0.6) is 5.75 Å². The first-order valence-corrected chi connectivity index (χ1v) is 9.29. The highest BCUT2D eigenvalue weighted by Crippen LogP contribution is 2.21. The van der Waals surface area contributed by atoms with Crippen molar-refractivity contribution in [1.29, 1.82) is 0 Å². The number of amides is 1. The van der Waals surface area contributed by atoms with Crippen molar-refractivity contribution in [3.8, 4) is 5.75 Å². The van der Waals surface area contributed by atoms with Crippen LogP contribution in [0.3, 0.4) is 0 Å². The molecule has 0 saturated heterocycles. The fourth-order valence-electron chi connectivity index (χ4n) is 2.42. The summed E-state index contributed by atoms with van der Waals surface area (Å²) in [5, 5.41) is 9.31. The Kier molecular flexibility index (Phi) is 12.8. The van der Waals surface area contributed by atoms with Gasteiger partial charge in [-0.1, -0.05) is 20.8 Å². The molecule has 0 aliphatic rings. The van der Waals surface area contributed by atoms with E-state index in [1.807, 2.05) is 6.92 Å². The highest BCUT2D eigenvalue weighted by molar-refractivity contribution is 14.0. The molecular formula is C20H35IN4O3. The lowest BCUT2D eigenvalue weighted by Crippen LogP contribution is -2.42. The Morgan fingerprint density at radius 2 is 1.68 bits per heavy atom. The standard InChI is InChI=1S/C20H34N4O3.HI/c1-7-21-19(24-14-17(27-6)20(2,3)4)23-13-12-22-18(25)15-8-10-16(26-5)11-9-15;/h8-11,17H,7,12-14H2,1-6H3,(H,22,25)(H2,21,23,24);1H. The minimum absolute atomic E-state index is 0. The summed E-state index contributed by atoms with van der Waals surface area (Å²) in [6.07, 6.45) is 0.0303. The molecule has 0 aliphatic heterocycles. The summed E-state index contributed by atoms with van der Waals surface area (Å²) in [6, 6.07) is 7.02. The highest BCUT2D eigenvalue weighted by Gasteiger charge is 2.24. The summed E-state index contributed by atoms with van der Waals surface area (Å²) in [6.45, 7) is 10.8. The van der Waals surface area contributed by atoms with E-state index in [1.165, 1.54) is 0 Å². The van der Waals surface area contributed by atoms with E-state index in [0.717, 1.165) is 12.3 Å². The Balaban J connectivity index is 0.00000729. The molecule has 0 aromatic heterocycles. The van der Waals surface area contributed by atoms with Crippen LogP contribution in [-0.4, -0.2) is 58.4 Å². The summed E-state index contributed by atoms with van der Waals surface area (Å²) >= 11 is 0. The fraction of sp³-hybridized carbons (Fsp3) is 0.600. The number of rotatable bonds is 9. The zero-order valence-corrected chi connectivity index (χ0v) is 20.1. The third-order valence-corrected chi connectivity index (χ3v) is 4.07. The van der Waals surface area contributed by atoms with Crippen molar-refractivity contribution >= 4 is 35.8 Å². The molecule has 0 bridgehead atoms. The van der Waals surface area contributed by atoms with Crippen LogP contribution in [0.15, 0.2) is 29.3 Å². The van der Waals surface area contributed by atoms with Crippen LogP contribution < -0.4 is 20.7 Å². The number of halogens is 1. The Hall–Kier alpha value is -1.55. The monoisotopic (exact) mass is 506 g/mol. The van der Waals surface area contributed by atoms with E-state index in [4.69, 9.17) is 9.47 Å². The summed E-state index contributed by atoms with van der Waals surface area (Å²) in [7, 11) is 3.31. The SMILES string of the molecule is CCNC(=NCC(OC)C(C)(C)C)NCCNC(=O)c1ccc(OC)cc1.I. The van der Waals surface area contributed by atoms with Gasteiger partial charge in [0, 0.05) is 32.3 Å². The summed E-state index contributed by atoms with van der Waals surface area (Å²) in [5.41, 5.74) is 0.617. The van der Waals surface area contributed by atoms with Crippen LogP contribution in [0.25, 0.3) is 0 Å². The van der Waals surface area contributed by atoms with Crippen LogP contribution >= 0.6 is 24.0 Å². The molecule has 1 rings (SSSR count). The molecule has 1 aromatic carbocycles. The lowest BCUT2D eigenvalue weighted by atomic mass is 9.89. The number of methoxy groups -OCH3 is 2. The maximum atomic E-state index is 12.1. The van der Waals surface area contributed by atoms with E-state index in [2.05, 4.69) is 41.7 Å². The quantitative estimate of drug-likeness (QED) is 0.208.